The molecular formula is C24H21FN4O4S. The molecule has 0 spiro atoms. The van der Waals surface area contributed by atoms with Crippen LogP contribution >= 0.6 is 0 Å². The van der Waals surface area contributed by atoms with Gasteiger partial charge < -0.3 is 4.42 Å². The minimum Gasteiger partial charge on any atom is -0.407 e. The number of aromatic nitrogens is 2. The second-order valence-corrected chi connectivity index (χ2v) is 9.15. The van der Waals surface area contributed by atoms with Crippen LogP contribution in [0.1, 0.15) is 28.7 Å². The summed E-state index contributed by atoms with van der Waals surface area (Å²) in [5, 5.41) is 10.2. The zero-order valence-electron chi connectivity index (χ0n) is 18.2. The largest absolute Gasteiger partial charge is 0.407 e. The number of carbonyl (C=O) groups is 1. The number of nitrogens with zero attached hydrogens (tertiary/aromatic N) is 3. The van der Waals surface area contributed by atoms with E-state index in [2.05, 4.69) is 15.5 Å². The standard InChI is InChI=1S/C24H21FN4O4S/c1-2-29(20-6-4-3-5-7-20)34(31,32)21-14-10-18(11-15-21)23(30)26-24-28-27-22(33-24)16-17-8-12-19(25)13-9-17/h3-15H,2,16H2,1H3,(H,26,28,30). The summed E-state index contributed by atoms with van der Waals surface area (Å²) in [4.78, 5) is 12.6. The summed E-state index contributed by atoms with van der Waals surface area (Å²) in [6.45, 7) is 2.01. The molecule has 0 fully saturated rings. The van der Waals surface area contributed by atoms with Gasteiger partial charge in [-0.25, -0.2) is 12.8 Å². The lowest BCUT2D eigenvalue weighted by molar-refractivity contribution is 0.102. The molecule has 1 heterocycles. The van der Waals surface area contributed by atoms with Crippen molar-refractivity contribution in [3.05, 3.63) is 102 Å². The van der Waals surface area contributed by atoms with E-state index in [1.807, 2.05) is 6.07 Å². The molecule has 8 nitrogen and oxygen atoms in total. The van der Waals surface area contributed by atoms with Crippen molar-refractivity contribution >= 4 is 27.6 Å². The van der Waals surface area contributed by atoms with E-state index >= 15 is 0 Å². The van der Waals surface area contributed by atoms with E-state index in [9.17, 15) is 17.6 Å². The molecule has 174 valence electrons. The number of hydrogen-bond acceptors (Lipinski definition) is 6. The monoisotopic (exact) mass is 480 g/mol. The second-order valence-electron chi connectivity index (χ2n) is 7.29. The fourth-order valence-corrected chi connectivity index (χ4v) is 4.79. The summed E-state index contributed by atoms with van der Waals surface area (Å²) in [7, 11) is -3.80. The van der Waals surface area contributed by atoms with Crippen molar-refractivity contribution in [1.29, 1.82) is 0 Å². The van der Waals surface area contributed by atoms with E-state index in [0.29, 0.717) is 5.69 Å². The Kier molecular flexibility index (Phi) is 6.69. The number of halogens is 1. The maximum Gasteiger partial charge on any atom is 0.322 e. The van der Waals surface area contributed by atoms with Crippen molar-refractivity contribution in [2.45, 2.75) is 18.2 Å². The van der Waals surface area contributed by atoms with Crippen LogP contribution in [0.2, 0.25) is 0 Å². The summed E-state index contributed by atoms with van der Waals surface area (Å²) in [6, 6.07) is 20.1. The quantitative estimate of drug-likeness (QED) is 0.404. The van der Waals surface area contributed by atoms with Crippen LogP contribution in [-0.2, 0) is 16.4 Å². The zero-order valence-corrected chi connectivity index (χ0v) is 19.0. The summed E-state index contributed by atoms with van der Waals surface area (Å²) in [5.74, 6) is -0.622. The van der Waals surface area contributed by atoms with Gasteiger partial charge in [0.15, 0.2) is 0 Å². The first-order chi connectivity index (χ1) is 16.4. The third-order valence-electron chi connectivity index (χ3n) is 4.99. The van der Waals surface area contributed by atoms with E-state index in [-0.39, 0.29) is 41.1 Å². The summed E-state index contributed by atoms with van der Waals surface area (Å²) in [6.07, 6.45) is 0.283. The van der Waals surface area contributed by atoms with Gasteiger partial charge in [0.25, 0.3) is 15.9 Å². The number of benzene rings is 3. The van der Waals surface area contributed by atoms with Crippen LogP contribution in [-0.4, -0.2) is 31.1 Å². The molecule has 10 heteroatoms. The minimum atomic E-state index is -3.80. The molecule has 0 unspecified atom stereocenters. The minimum absolute atomic E-state index is 0.0640. The second kappa shape index (κ2) is 9.84. The number of rotatable bonds is 8. The van der Waals surface area contributed by atoms with Crippen molar-refractivity contribution in [2.24, 2.45) is 0 Å². The van der Waals surface area contributed by atoms with Gasteiger partial charge in [0.1, 0.15) is 5.82 Å². The van der Waals surface area contributed by atoms with E-state index in [1.54, 1.807) is 43.3 Å². The first-order valence-corrected chi connectivity index (χ1v) is 11.9. The van der Waals surface area contributed by atoms with Crippen molar-refractivity contribution in [3.63, 3.8) is 0 Å². The topological polar surface area (TPSA) is 105 Å². The Morgan fingerprint density at radius 2 is 1.65 bits per heavy atom. The molecule has 4 rings (SSSR count). The molecule has 34 heavy (non-hydrogen) atoms. The number of para-hydroxylation sites is 1. The van der Waals surface area contributed by atoms with E-state index < -0.39 is 15.9 Å². The lowest BCUT2D eigenvalue weighted by Crippen LogP contribution is -2.30. The van der Waals surface area contributed by atoms with Crippen LogP contribution in [0.15, 0.2) is 88.2 Å². The van der Waals surface area contributed by atoms with Crippen LogP contribution in [0, 0.1) is 5.82 Å². The fourth-order valence-electron chi connectivity index (χ4n) is 3.31. The number of hydrogen-bond donors (Lipinski definition) is 1. The normalized spacial score (nSPS) is 11.2. The zero-order chi connectivity index (χ0) is 24.1. The van der Waals surface area contributed by atoms with Crippen LogP contribution in [0.25, 0.3) is 0 Å². The molecule has 0 saturated heterocycles. The Balaban J connectivity index is 1.44. The Bertz CT molecular complexity index is 1370. The van der Waals surface area contributed by atoms with Crippen molar-refractivity contribution in [1.82, 2.24) is 10.2 Å². The van der Waals surface area contributed by atoms with Crippen molar-refractivity contribution < 1.29 is 22.0 Å². The van der Waals surface area contributed by atoms with Crippen LogP contribution < -0.4 is 9.62 Å². The molecule has 1 N–H and O–H groups in total. The number of nitrogens with one attached hydrogen (secondary N) is 1. The van der Waals surface area contributed by atoms with Gasteiger partial charge >= 0.3 is 6.01 Å². The summed E-state index contributed by atoms with van der Waals surface area (Å²) in [5.41, 5.74) is 1.55. The first kappa shape index (κ1) is 23.1. The molecule has 1 aromatic heterocycles. The lowest BCUT2D eigenvalue weighted by Gasteiger charge is -2.22. The molecule has 0 atom stereocenters. The Labute approximate surface area is 196 Å². The average molecular weight is 481 g/mol. The van der Waals surface area contributed by atoms with Gasteiger partial charge in [-0.05, 0) is 61.0 Å². The van der Waals surface area contributed by atoms with Crippen LogP contribution in [0.3, 0.4) is 0 Å². The third-order valence-corrected chi connectivity index (χ3v) is 6.91. The molecule has 0 saturated carbocycles. The molecule has 0 aliphatic heterocycles. The maximum atomic E-state index is 13.1. The van der Waals surface area contributed by atoms with E-state index in [0.717, 1.165) is 5.56 Å². The Morgan fingerprint density at radius 1 is 0.971 bits per heavy atom. The Hall–Kier alpha value is -4.05. The van der Waals surface area contributed by atoms with E-state index in [4.69, 9.17) is 4.42 Å². The molecule has 4 aromatic rings. The van der Waals surface area contributed by atoms with Gasteiger partial charge in [-0.3, -0.25) is 14.4 Å². The first-order valence-electron chi connectivity index (χ1n) is 10.4. The average Bonchev–Trinajstić information content (AvgIpc) is 3.28. The molecule has 0 aliphatic rings. The highest BCUT2D eigenvalue weighted by molar-refractivity contribution is 7.92. The maximum absolute atomic E-state index is 13.1. The predicted molar refractivity (Wildman–Crippen MR) is 125 cm³/mol. The van der Waals surface area contributed by atoms with Gasteiger partial charge in [-0.15, -0.1) is 5.10 Å². The molecule has 0 bridgehead atoms. The smallest absolute Gasteiger partial charge is 0.322 e. The van der Waals surface area contributed by atoms with Crippen molar-refractivity contribution in [3.8, 4) is 0 Å². The Morgan fingerprint density at radius 3 is 2.29 bits per heavy atom. The molecular weight excluding hydrogens is 459 g/mol. The fraction of sp³-hybridized carbons (Fsp3) is 0.125. The molecule has 0 radical (unpaired) electrons. The third kappa shape index (κ3) is 5.12. The molecule has 3 aromatic carbocycles. The van der Waals surface area contributed by atoms with Gasteiger partial charge in [0, 0.05) is 12.1 Å². The predicted octanol–water partition coefficient (Wildman–Crippen LogP) is 4.27. The molecule has 1 amide bonds. The van der Waals surface area contributed by atoms with Gasteiger partial charge in [-0.2, -0.15) is 0 Å². The highest BCUT2D eigenvalue weighted by Gasteiger charge is 2.24. The molecule has 0 aliphatic carbocycles. The van der Waals surface area contributed by atoms with E-state index in [1.165, 1.54) is 40.7 Å². The van der Waals surface area contributed by atoms with Crippen LogP contribution in [0.5, 0.6) is 0 Å². The highest BCUT2D eigenvalue weighted by atomic mass is 32.2. The van der Waals surface area contributed by atoms with Gasteiger partial charge in [0.2, 0.25) is 5.89 Å². The lowest BCUT2D eigenvalue weighted by atomic mass is 10.1. The highest BCUT2D eigenvalue weighted by Crippen LogP contribution is 2.23. The number of amides is 1. The van der Waals surface area contributed by atoms with Crippen molar-refractivity contribution in [2.75, 3.05) is 16.2 Å². The van der Waals surface area contributed by atoms with Gasteiger partial charge in [-0.1, -0.05) is 35.4 Å². The van der Waals surface area contributed by atoms with Crippen LogP contribution in [0.4, 0.5) is 16.1 Å². The van der Waals surface area contributed by atoms with Gasteiger partial charge in [0.05, 0.1) is 17.0 Å². The number of anilines is 2. The summed E-state index contributed by atoms with van der Waals surface area (Å²) < 4.78 is 45.9. The summed E-state index contributed by atoms with van der Waals surface area (Å²) >= 11 is 0. The number of sulfonamides is 1. The SMILES string of the molecule is CCN(c1ccccc1)S(=O)(=O)c1ccc(C(=O)Nc2nnc(Cc3ccc(F)cc3)o2)cc1. The number of carbonyl (C=O) groups excluding carboxylic acids is 1.